The summed E-state index contributed by atoms with van der Waals surface area (Å²) in [5.74, 6) is 0.582. The Balaban J connectivity index is 3.09. The first kappa shape index (κ1) is 10.4. The SMILES string of the molecule is Cc1cccc(N=C(N)CCl)c1Cl. The Kier molecular flexibility index (Phi) is 3.58. The van der Waals surface area contributed by atoms with Crippen LogP contribution in [0.15, 0.2) is 23.2 Å². The molecule has 0 fully saturated rings. The third-order valence-electron chi connectivity index (χ3n) is 1.57. The fourth-order valence-electron chi connectivity index (χ4n) is 0.903. The minimum absolute atomic E-state index is 0.213. The summed E-state index contributed by atoms with van der Waals surface area (Å²) >= 11 is 11.5. The summed E-state index contributed by atoms with van der Waals surface area (Å²) in [5, 5.41) is 0.621. The number of benzene rings is 1. The van der Waals surface area contributed by atoms with Gasteiger partial charge in [-0.1, -0.05) is 23.7 Å². The van der Waals surface area contributed by atoms with Crippen LogP contribution < -0.4 is 5.73 Å². The van der Waals surface area contributed by atoms with Crippen molar-refractivity contribution in [2.75, 3.05) is 5.88 Å². The molecule has 0 amide bonds. The predicted molar refractivity (Wildman–Crippen MR) is 58.2 cm³/mol. The molecular weight excluding hydrogens is 207 g/mol. The van der Waals surface area contributed by atoms with Gasteiger partial charge in [0.05, 0.1) is 16.6 Å². The van der Waals surface area contributed by atoms with Crippen molar-refractivity contribution in [3.63, 3.8) is 0 Å². The number of amidine groups is 1. The molecule has 70 valence electrons. The minimum atomic E-state index is 0.213. The van der Waals surface area contributed by atoms with Crippen LogP contribution >= 0.6 is 23.2 Å². The van der Waals surface area contributed by atoms with Gasteiger partial charge in [0.15, 0.2) is 0 Å². The third kappa shape index (κ3) is 2.61. The number of aliphatic imine (C=N–C) groups is 1. The highest BCUT2D eigenvalue weighted by atomic mass is 35.5. The normalized spacial score (nSPS) is 11.8. The first-order valence-corrected chi connectivity index (χ1v) is 4.70. The van der Waals surface area contributed by atoms with E-state index < -0.39 is 0 Å². The van der Waals surface area contributed by atoms with Gasteiger partial charge < -0.3 is 5.73 Å². The Morgan fingerprint density at radius 1 is 1.54 bits per heavy atom. The summed E-state index contributed by atoms with van der Waals surface area (Å²) in [4.78, 5) is 4.07. The molecule has 4 heteroatoms. The second-order valence-corrected chi connectivity index (χ2v) is 3.29. The summed E-state index contributed by atoms with van der Waals surface area (Å²) < 4.78 is 0. The molecule has 0 atom stereocenters. The van der Waals surface area contributed by atoms with Crippen LogP contribution in [0.4, 0.5) is 5.69 Å². The molecule has 1 aromatic rings. The Morgan fingerprint density at radius 2 is 2.23 bits per heavy atom. The Hall–Kier alpha value is -0.730. The van der Waals surface area contributed by atoms with Crippen LogP contribution in [0.3, 0.4) is 0 Å². The zero-order valence-corrected chi connectivity index (χ0v) is 8.73. The fourth-order valence-corrected chi connectivity index (χ4v) is 1.13. The molecule has 0 unspecified atom stereocenters. The highest BCUT2D eigenvalue weighted by Gasteiger charge is 2.01. The topological polar surface area (TPSA) is 38.4 Å². The number of nitrogens with two attached hydrogens (primary N) is 1. The maximum absolute atomic E-state index is 5.99. The molecule has 13 heavy (non-hydrogen) atoms. The van der Waals surface area contributed by atoms with Crippen LogP contribution in [0.2, 0.25) is 5.02 Å². The predicted octanol–water partition coefficient (Wildman–Crippen LogP) is 2.88. The molecule has 0 aliphatic carbocycles. The van der Waals surface area contributed by atoms with Gasteiger partial charge in [0.25, 0.3) is 0 Å². The summed E-state index contributed by atoms with van der Waals surface area (Å²) in [7, 11) is 0. The number of alkyl halides is 1. The molecule has 2 N–H and O–H groups in total. The lowest BCUT2D eigenvalue weighted by atomic mass is 10.2. The molecule has 0 heterocycles. The number of hydrogen-bond acceptors (Lipinski definition) is 1. The van der Waals surface area contributed by atoms with Gasteiger partial charge in [-0.2, -0.15) is 0 Å². The molecule has 0 radical (unpaired) electrons. The lowest BCUT2D eigenvalue weighted by Gasteiger charge is -2.01. The van der Waals surface area contributed by atoms with Crippen molar-refractivity contribution in [3.8, 4) is 0 Å². The van der Waals surface area contributed by atoms with Crippen LogP contribution in [0.1, 0.15) is 5.56 Å². The third-order valence-corrected chi connectivity index (χ3v) is 2.34. The van der Waals surface area contributed by atoms with Gasteiger partial charge in [-0.15, -0.1) is 11.6 Å². The van der Waals surface area contributed by atoms with Gasteiger partial charge in [0, 0.05) is 0 Å². The standard InChI is InChI=1S/C9H10Cl2N2/c1-6-3-2-4-7(9(6)11)13-8(12)5-10/h2-4H,5H2,1H3,(H2,12,13). The van der Waals surface area contributed by atoms with Crippen molar-refractivity contribution in [2.45, 2.75) is 6.92 Å². The minimum Gasteiger partial charge on any atom is -0.386 e. The highest BCUT2D eigenvalue weighted by molar-refractivity contribution is 6.34. The quantitative estimate of drug-likeness (QED) is 0.461. The van der Waals surface area contributed by atoms with E-state index in [9.17, 15) is 0 Å². The summed E-state index contributed by atoms with van der Waals surface area (Å²) in [6.45, 7) is 1.91. The number of aryl methyl sites for hydroxylation is 1. The first-order chi connectivity index (χ1) is 6.15. The van der Waals surface area contributed by atoms with Gasteiger partial charge in [0.2, 0.25) is 0 Å². The highest BCUT2D eigenvalue weighted by Crippen LogP contribution is 2.27. The van der Waals surface area contributed by atoms with Gasteiger partial charge in [0.1, 0.15) is 5.84 Å². The van der Waals surface area contributed by atoms with Crippen molar-refractivity contribution in [1.29, 1.82) is 0 Å². The van der Waals surface area contributed by atoms with E-state index in [1.54, 1.807) is 6.07 Å². The van der Waals surface area contributed by atoms with Crippen LogP contribution in [-0.4, -0.2) is 11.7 Å². The molecule has 0 spiro atoms. The lowest BCUT2D eigenvalue weighted by Crippen LogP contribution is -2.12. The molecule has 2 nitrogen and oxygen atoms in total. The van der Waals surface area contributed by atoms with Crippen LogP contribution in [0, 0.1) is 6.92 Å². The van der Waals surface area contributed by atoms with E-state index in [-0.39, 0.29) is 5.88 Å². The second-order valence-electron chi connectivity index (χ2n) is 2.64. The van der Waals surface area contributed by atoms with E-state index in [4.69, 9.17) is 28.9 Å². The molecule has 0 aliphatic heterocycles. The van der Waals surface area contributed by atoms with Crippen molar-refractivity contribution in [1.82, 2.24) is 0 Å². The van der Waals surface area contributed by atoms with Crippen molar-refractivity contribution in [2.24, 2.45) is 10.7 Å². The maximum Gasteiger partial charge on any atom is 0.115 e. The van der Waals surface area contributed by atoms with E-state index in [0.717, 1.165) is 5.56 Å². The van der Waals surface area contributed by atoms with Crippen LogP contribution in [-0.2, 0) is 0 Å². The van der Waals surface area contributed by atoms with Crippen molar-refractivity contribution in [3.05, 3.63) is 28.8 Å². The van der Waals surface area contributed by atoms with Gasteiger partial charge in [-0.3, -0.25) is 0 Å². The van der Waals surface area contributed by atoms with Gasteiger partial charge in [-0.05, 0) is 18.6 Å². The first-order valence-electron chi connectivity index (χ1n) is 3.79. The van der Waals surface area contributed by atoms with Crippen molar-refractivity contribution < 1.29 is 0 Å². The summed E-state index contributed by atoms with van der Waals surface area (Å²) in [6.07, 6.45) is 0. The zero-order chi connectivity index (χ0) is 9.84. The fraction of sp³-hybridized carbons (Fsp3) is 0.222. The average Bonchev–Trinajstić information content (AvgIpc) is 2.13. The van der Waals surface area contributed by atoms with Gasteiger partial charge >= 0.3 is 0 Å². The number of nitrogens with zero attached hydrogens (tertiary/aromatic N) is 1. The van der Waals surface area contributed by atoms with E-state index >= 15 is 0 Å². The molecular formula is C9H10Cl2N2. The van der Waals surface area contributed by atoms with E-state index in [2.05, 4.69) is 4.99 Å². The zero-order valence-electron chi connectivity index (χ0n) is 7.22. The molecule has 0 aliphatic rings. The van der Waals surface area contributed by atoms with E-state index in [1.165, 1.54) is 0 Å². The largest absolute Gasteiger partial charge is 0.386 e. The smallest absolute Gasteiger partial charge is 0.115 e. The molecule has 0 bridgehead atoms. The Labute approximate surface area is 87.4 Å². The Morgan fingerprint density at radius 3 is 2.85 bits per heavy atom. The molecule has 1 aromatic carbocycles. The van der Waals surface area contributed by atoms with Crippen LogP contribution in [0.25, 0.3) is 0 Å². The average molecular weight is 217 g/mol. The molecule has 0 saturated heterocycles. The van der Waals surface area contributed by atoms with Crippen LogP contribution in [0.5, 0.6) is 0 Å². The van der Waals surface area contributed by atoms with E-state index in [1.807, 2.05) is 19.1 Å². The summed E-state index contributed by atoms with van der Waals surface area (Å²) in [5.41, 5.74) is 7.13. The maximum atomic E-state index is 5.99. The lowest BCUT2D eigenvalue weighted by molar-refractivity contribution is 1.40. The molecule has 1 rings (SSSR count). The number of rotatable bonds is 2. The summed E-state index contributed by atoms with van der Waals surface area (Å²) in [6, 6.07) is 5.59. The molecule has 0 saturated carbocycles. The molecule has 0 aromatic heterocycles. The number of halogens is 2. The van der Waals surface area contributed by atoms with Crippen molar-refractivity contribution >= 4 is 34.7 Å². The Bertz CT molecular complexity index is 334. The number of hydrogen-bond donors (Lipinski definition) is 1. The monoisotopic (exact) mass is 216 g/mol. The van der Waals surface area contributed by atoms with E-state index in [0.29, 0.717) is 16.5 Å². The second kappa shape index (κ2) is 4.49. The van der Waals surface area contributed by atoms with Gasteiger partial charge in [-0.25, -0.2) is 4.99 Å².